The van der Waals surface area contributed by atoms with Crippen molar-refractivity contribution in [2.24, 2.45) is 0 Å². The molecule has 9 nitrogen and oxygen atoms in total. The first-order valence-corrected chi connectivity index (χ1v) is 10.5. The number of halogens is 1. The van der Waals surface area contributed by atoms with Crippen LogP contribution < -0.4 is 5.32 Å². The smallest absolute Gasteiger partial charge is 0.239 e. The van der Waals surface area contributed by atoms with E-state index in [1.54, 1.807) is 11.8 Å². The summed E-state index contributed by atoms with van der Waals surface area (Å²) in [4.78, 5) is 32.9. The first kappa shape index (κ1) is 21.3. The van der Waals surface area contributed by atoms with Crippen LogP contribution in [0.25, 0.3) is 10.9 Å². The molecule has 2 amide bonds. The summed E-state index contributed by atoms with van der Waals surface area (Å²) < 4.78 is 4.66. The number of aromatic nitrogens is 3. The number of amides is 2. The van der Waals surface area contributed by atoms with E-state index < -0.39 is 6.04 Å². The molecule has 0 radical (unpaired) electrons. The van der Waals surface area contributed by atoms with Crippen LogP contribution in [0.1, 0.15) is 22.6 Å². The van der Waals surface area contributed by atoms with Crippen LogP contribution in [0.15, 0.2) is 22.8 Å². The van der Waals surface area contributed by atoms with Gasteiger partial charge in [-0.2, -0.15) is 0 Å². The summed E-state index contributed by atoms with van der Waals surface area (Å²) in [6, 6.07) is 5.19. The summed E-state index contributed by atoms with van der Waals surface area (Å²) in [5.41, 5.74) is 4.08. The Kier molecular flexibility index (Phi) is 5.97. The number of nitrogens with one attached hydrogen (secondary N) is 2. The standard InChI is InChI=1S/C21H25ClN6O3/c1-12-15(16-8-14(22)4-5-17(16)24-12)9-20(29)28-7-6-27(3)19(11-28)21(30)23-10-18-13(2)25-31-26-18/h4-5,8,19,24H,6-7,9-11H2,1-3H3,(H,23,30)/t19-/m1/s1. The number of hydrogen-bond donors (Lipinski definition) is 2. The number of carbonyl (C=O) groups is 2. The van der Waals surface area contributed by atoms with Crippen molar-refractivity contribution < 1.29 is 14.2 Å². The number of piperazine rings is 1. The first-order valence-electron chi connectivity index (χ1n) is 10.1. The van der Waals surface area contributed by atoms with Crippen molar-refractivity contribution in [3.63, 3.8) is 0 Å². The summed E-state index contributed by atoms with van der Waals surface area (Å²) in [6.07, 6.45) is 0.258. The topological polar surface area (TPSA) is 107 Å². The monoisotopic (exact) mass is 444 g/mol. The quantitative estimate of drug-likeness (QED) is 0.621. The molecule has 1 fully saturated rings. The van der Waals surface area contributed by atoms with Crippen LogP contribution in [0.2, 0.25) is 5.02 Å². The van der Waals surface area contributed by atoms with Gasteiger partial charge < -0.3 is 15.2 Å². The van der Waals surface area contributed by atoms with Gasteiger partial charge in [0.1, 0.15) is 17.4 Å². The molecule has 1 aliphatic heterocycles. The van der Waals surface area contributed by atoms with Gasteiger partial charge in [-0.15, -0.1) is 0 Å². The minimum Gasteiger partial charge on any atom is -0.358 e. The second kappa shape index (κ2) is 8.68. The van der Waals surface area contributed by atoms with Crippen LogP contribution in [-0.2, 0) is 22.6 Å². The van der Waals surface area contributed by atoms with E-state index in [9.17, 15) is 9.59 Å². The van der Waals surface area contributed by atoms with Crippen molar-refractivity contribution in [2.45, 2.75) is 32.9 Å². The van der Waals surface area contributed by atoms with Gasteiger partial charge in [-0.3, -0.25) is 14.5 Å². The Morgan fingerprint density at radius 2 is 2.10 bits per heavy atom. The summed E-state index contributed by atoms with van der Waals surface area (Å²) in [5.74, 6) is -0.163. The van der Waals surface area contributed by atoms with Gasteiger partial charge >= 0.3 is 0 Å². The zero-order valence-electron chi connectivity index (χ0n) is 17.7. The molecule has 2 N–H and O–H groups in total. The molecule has 1 saturated heterocycles. The summed E-state index contributed by atoms with van der Waals surface area (Å²) in [5, 5.41) is 12.0. The first-order chi connectivity index (χ1) is 14.8. The van der Waals surface area contributed by atoms with Gasteiger partial charge in [0.2, 0.25) is 11.8 Å². The zero-order chi connectivity index (χ0) is 22.1. The number of benzene rings is 1. The summed E-state index contributed by atoms with van der Waals surface area (Å²) in [7, 11) is 1.89. The van der Waals surface area contributed by atoms with E-state index >= 15 is 0 Å². The fraction of sp³-hybridized carbons (Fsp3) is 0.429. The molecular weight excluding hydrogens is 420 g/mol. The second-order valence-electron chi connectivity index (χ2n) is 7.95. The number of aryl methyl sites for hydroxylation is 2. The number of aromatic amines is 1. The number of rotatable bonds is 5. The van der Waals surface area contributed by atoms with Crippen molar-refractivity contribution >= 4 is 34.3 Å². The van der Waals surface area contributed by atoms with Crippen LogP contribution in [0.3, 0.4) is 0 Å². The lowest BCUT2D eigenvalue weighted by molar-refractivity contribution is -0.137. The molecule has 164 valence electrons. The third-order valence-electron chi connectivity index (χ3n) is 5.89. The van der Waals surface area contributed by atoms with Crippen LogP contribution in [0, 0.1) is 13.8 Å². The van der Waals surface area contributed by atoms with Crippen molar-refractivity contribution in [2.75, 3.05) is 26.7 Å². The molecule has 0 aliphatic carbocycles. The lowest BCUT2D eigenvalue weighted by atomic mass is 10.1. The van der Waals surface area contributed by atoms with Gasteiger partial charge in [0, 0.05) is 41.3 Å². The Balaban J connectivity index is 1.43. The number of hydrogen-bond acceptors (Lipinski definition) is 6. The van der Waals surface area contributed by atoms with Gasteiger partial charge in [0.25, 0.3) is 0 Å². The highest BCUT2D eigenvalue weighted by Crippen LogP contribution is 2.26. The van der Waals surface area contributed by atoms with Gasteiger partial charge in [0.15, 0.2) is 0 Å². The van der Waals surface area contributed by atoms with E-state index in [1.807, 2.05) is 37.1 Å². The Bertz CT molecular complexity index is 1120. The minimum atomic E-state index is -0.434. The summed E-state index contributed by atoms with van der Waals surface area (Å²) >= 11 is 6.16. The van der Waals surface area contributed by atoms with E-state index in [4.69, 9.17) is 11.6 Å². The fourth-order valence-corrected chi connectivity index (χ4v) is 4.10. The van der Waals surface area contributed by atoms with E-state index in [-0.39, 0.29) is 24.8 Å². The van der Waals surface area contributed by atoms with Crippen LogP contribution in [-0.4, -0.2) is 69.6 Å². The zero-order valence-corrected chi connectivity index (χ0v) is 18.5. The van der Waals surface area contributed by atoms with E-state index in [1.165, 1.54) is 0 Å². The number of carbonyl (C=O) groups excluding carboxylic acids is 2. The molecule has 0 bridgehead atoms. The van der Waals surface area contributed by atoms with Gasteiger partial charge in [-0.05, 0) is 44.7 Å². The number of likely N-dealkylation sites (N-methyl/N-ethyl adjacent to an activating group) is 1. The Hall–Kier alpha value is -2.91. The second-order valence-corrected chi connectivity index (χ2v) is 8.38. The molecule has 0 unspecified atom stereocenters. The van der Waals surface area contributed by atoms with E-state index in [2.05, 4.69) is 25.2 Å². The highest BCUT2D eigenvalue weighted by molar-refractivity contribution is 6.31. The third-order valence-corrected chi connectivity index (χ3v) is 6.12. The predicted octanol–water partition coefficient (Wildman–Crippen LogP) is 1.82. The maximum Gasteiger partial charge on any atom is 0.239 e. The van der Waals surface area contributed by atoms with Crippen LogP contribution in [0.5, 0.6) is 0 Å². The predicted molar refractivity (Wildman–Crippen MR) is 116 cm³/mol. The maximum absolute atomic E-state index is 13.1. The van der Waals surface area contributed by atoms with Gasteiger partial charge in [0.05, 0.1) is 13.0 Å². The van der Waals surface area contributed by atoms with E-state index in [0.717, 1.165) is 22.2 Å². The fourth-order valence-electron chi connectivity index (χ4n) is 3.93. The molecule has 3 heterocycles. The Morgan fingerprint density at radius 1 is 1.29 bits per heavy atom. The molecule has 1 aliphatic rings. The average molecular weight is 445 g/mol. The maximum atomic E-state index is 13.1. The van der Waals surface area contributed by atoms with Gasteiger partial charge in [-0.1, -0.05) is 21.9 Å². The molecule has 3 aromatic rings. The van der Waals surface area contributed by atoms with Crippen molar-refractivity contribution in [1.82, 2.24) is 30.4 Å². The summed E-state index contributed by atoms with van der Waals surface area (Å²) in [6.45, 7) is 5.49. The molecule has 0 spiro atoms. The van der Waals surface area contributed by atoms with E-state index in [0.29, 0.717) is 36.0 Å². The molecular formula is C21H25ClN6O3. The number of nitrogens with zero attached hydrogens (tertiary/aromatic N) is 4. The Labute approximate surface area is 184 Å². The van der Waals surface area contributed by atoms with Crippen LogP contribution in [0.4, 0.5) is 0 Å². The Morgan fingerprint density at radius 3 is 2.84 bits per heavy atom. The molecule has 31 heavy (non-hydrogen) atoms. The highest BCUT2D eigenvalue weighted by Gasteiger charge is 2.32. The minimum absolute atomic E-state index is 0.00794. The normalized spacial score (nSPS) is 17.3. The number of H-pyrrole nitrogens is 1. The molecule has 10 heteroatoms. The molecule has 2 aromatic heterocycles. The van der Waals surface area contributed by atoms with Crippen LogP contribution >= 0.6 is 11.6 Å². The SMILES string of the molecule is Cc1nonc1CNC(=O)[C@H]1CN(C(=O)Cc2c(C)[nH]c3ccc(Cl)cc23)CCN1C. The largest absolute Gasteiger partial charge is 0.358 e. The molecule has 1 aromatic carbocycles. The van der Waals surface area contributed by atoms with Crippen molar-refractivity contribution in [3.05, 3.63) is 45.9 Å². The third kappa shape index (κ3) is 4.42. The van der Waals surface area contributed by atoms with Crippen molar-refractivity contribution in [3.8, 4) is 0 Å². The lowest BCUT2D eigenvalue weighted by Crippen LogP contribution is -2.58. The molecule has 0 saturated carbocycles. The van der Waals surface area contributed by atoms with Gasteiger partial charge in [-0.25, -0.2) is 4.63 Å². The highest BCUT2D eigenvalue weighted by atomic mass is 35.5. The number of fused-ring (bicyclic) bond motifs is 1. The molecule has 1 atom stereocenters. The lowest BCUT2D eigenvalue weighted by Gasteiger charge is -2.38. The average Bonchev–Trinajstić information content (AvgIpc) is 3.29. The van der Waals surface area contributed by atoms with Crippen molar-refractivity contribution in [1.29, 1.82) is 0 Å². The molecule has 4 rings (SSSR count).